The molecule has 0 N–H and O–H groups in total. The Morgan fingerprint density at radius 2 is 2.33 bits per heavy atom. The molecular formula is C7H10BN. The predicted octanol–water partition coefficient (Wildman–Crippen LogP) is -0.0976. The first-order valence-corrected chi connectivity index (χ1v) is 3.23. The summed E-state index contributed by atoms with van der Waals surface area (Å²) in [5, 5.41) is 0. The Labute approximate surface area is 56.5 Å². The number of nitrogens with zero attached hydrogens (tertiary/aromatic N) is 1. The smallest absolute Gasteiger partial charge is 0.141 e. The molecule has 0 unspecified atom stereocenters. The minimum absolute atomic E-state index is 1.08. The van der Waals surface area contributed by atoms with Crippen LogP contribution in [-0.2, 0) is 6.42 Å². The van der Waals surface area contributed by atoms with E-state index in [1.807, 2.05) is 12.4 Å². The molecule has 0 saturated heterocycles. The summed E-state index contributed by atoms with van der Waals surface area (Å²) >= 11 is 0. The van der Waals surface area contributed by atoms with Crippen molar-refractivity contribution in [3.63, 3.8) is 0 Å². The molecule has 1 rings (SSSR count). The molecule has 1 aromatic rings. The molecule has 1 heterocycles. The van der Waals surface area contributed by atoms with Gasteiger partial charge in [0.2, 0.25) is 0 Å². The molecule has 1 nitrogen and oxygen atoms in total. The Balaban J connectivity index is 2.94. The Kier molecular flexibility index (Phi) is 1.88. The largest absolute Gasteiger partial charge is 0.265 e. The van der Waals surface area contributed by atoms with E-state index in [2.05, 4.69) is 25.8 Å². The maximum atomic E-state index is 4.06. The van der Waals surface area contributed by atoms with Gasteiger partial charge in [-0.25, -0.2) is 0 Å². The molecule has 0 aliphatic rings. The van der Waals surface area contributed by atoms with Gasteiger partial charge in [-0.3, -0.25) is 4.98 Å². The third-order valence-electron chi connectivity index (χ3n) is 1.34. The number of hydrogen-bond donors (Lipinski definition) is 0. The zero-order chi connectivity index (χ0) is 6.69. The maximum Gasteiger partial charge on any atom is 0.141 e. The lowest BCUT2D eigenvalue weighted by atomic mass is 9.97. The predicted molar refractivity (Wildman–Crippen MR) is 41.8 cm³/mol. The first-order valence-electron chi connectivity index (χ1n) is 3.23. The number of pyridine rings is 1. The topological polar surface area (TPSA) is 12.9 Å². The average Bonchev–Trinajstić information content (AvgIpc) is 1.88. The van der Waals surface area contributed by atoms with Gasteiger partial charge in [0.05, 0.1) is 0 Å². The van der Waals surface area contributed by atoms with Crippen molar-refractivity contribution in [3.05, 3.63) is 24.0 Å². The molecule has 0 bridgehead atoms. The monoisotopic (exact) mass is 119 g/mol. The van der Waals surface area contributed by atoms with E-state index in [9.17, 15) is 0 Å². The summed E-state index contributed by atoms with van der Waals surface area (Å²) in [6.45, 7) is 2.14. The van der Waals surface area contributed by atoms with E-state index in [0.29, 0.717) is 0 Å². The van der Waals surface area contributed by atoms with Crippen LogP contribution < -0.4 is 5.46 Å². The van der Waals surface area contributed by atoms with E-state index in [-0.39, 0.29) is 0 Å². The van der Waals surface area contributed by atoms with Gasteiger partial charge in [-0.15, -0.1) is 0 Å². The van der Waals surface area contributed by atoms with E-state index in [0.717, 1.165) is 6.42 Å². The van der Waals surface area contributed by atoms with Gasteiger partial charge in [0.1, 0.15) is 7.85 Å². The van der Waals surface area contributed by atoms with Crippen molar-refractivity contribution in [2.75, 3.05) is 0 Å². The van der Waals surface area contributed by atoms with Crippen molar-refractivity contribution in [3.8, 4) is 0 Å². The molecule has 0 aliphatic heterocycles. The summed E-state index contributed by atoms with van der Waals surface area (Å²) in [7, 11) is 2.06. The van der Waals surface area contributed by atoms with Crippen LogP contribution in [0.15, 0.2) is 18.5 Å². The number of aryl methyl sites for hydroxylation is 1. The fourth-order valence-corrected chi connectivity index (χ4v) is 0.811. The second-order valence-corrected chi connectivity index (χ2v) is 2.22. The molecule has 0 fully saturated rings. The van der Waals surface area contributed by atoms with Crippen molar-refractivity contribution < 1.29 is 0 Å². The van der Waals surface area contributed by atoms with E-state index >= 15 is 0 Å². The fourth-order valence-electron chi connectivity index (χ4n) is 0.811. The number of rotatable bonds is 1. The van der Waals surface area contributed by atoms with E-state index in [4.69, 9.17) is 0 Å². The zero-order valence-corrected chi connectivity index (χ0v) is 5.89. The molecular weight excluding hydrogens is 109 g/mol. The zero-order valence-electron chi connectivity index (χ0n) is 5.89. The Hall–Kier alpha value is -0.785. The van der Waals surface area contributed by atoms with Gasteiger partial charge in [0.15, 0.2) is 0 Å². The van der Waals surface area contributed by atoms with Crippen LogP contribution in [0.4, 0.5) is 0 Å². The molecule has 0 amide bonds. The molecule has 0 spiro atoms. The summed E-state index contributed by atoms with van der Waals surface area (Å²) in [5.41, 5.74) is 2.56. The van der Waals surface area contributed by atoms with Crippen LogP contribution in [-0.4, -0.2) is 12.8 Å². The van der Waals surface area contributed by atoms with Crippen LogP contribution in [0, 0.1) is 0 Å². The van der Waals surface area contributed by atoms with Gasteiger partial charge >= 0.3 is 0 Å². The fraction of sp³-hybridized carbons (Fsp3) is 0.286. The van der Waals surface area contributed by atoms with Gasteiger partial charge in [0.25, 0.3) is 0 Å². The quantitative estimate of drug-likeness (QED) is 0.470. The molecule has 46 valence electrons. The van der Waals surface area contributed by atoms with Crippen LogP contribution in [0.1, 0.15) is 12.5 Å². The van der Waals surface area contributed by atoms with Gasteiger partial charge in [-0.1, -0.05) is 18.5 Å². The van der Waals surface area contributed by atoms with E-state index in [1.165, 1.54) is 11.0 Å². The molecule has 9 heavy (non-hydrogen) atoms. The summed E-state index contributed by atoms with van der Waals surface area (Å²) in [5.74, 6) is 0. The minimum Gasteiger partial charge on any atom is -0.265 e. The summed E-state index contributed by atoms with van der Waals surface area (Å²) in [6, 6.07) is 2.16. The van der Waals surface area contributed by atoms with E-state index < -0.39 is 0 Å². The summed E-state index contributed by atoms with van der Waals surface area (Å²) in [4.78, 5) is 4.06. The molecule has 0 saturated carbocycles. The maximum absolute atomic E-state index is 4.06. The minimum atomic E-state index is 1.08. The third kappa shape index (κ3) is 1.56. The third-order valence-corrected chi connectivity index (χ3v) is 1.34. The standard InChI is InChI=1S/C7H10BN/c1-2-6-3-7(8)5-9-4-6/h3-5H,2,8H2,1H3. The lowest BCUT2D eigenvalue weighted by Crippen LogP contribution is -2.03. The highest BCUT2D eigenvalue weighted by Crippen LogP contribution is 1.91. The van der Waals surface area contributed by atoms with Gasteiger partial charge < -0.3 is 0 Å². The van der Waals surface area contributed by atoms with Crippen molar-refractivity contribution >= 4 is 13.3 Å². The summed E-state index contributed by atoms with van der Waals surface area (Å²) in [6.07, 6.45) is 4.86. The van der Waals surface area contributed by atoms with Crippen molar-refractivity contribution in [2.45, 2.75) is 13.3 Å². The molecule has 2 heteroatoms. The van der Waals surface area contributed by atoms with Gasteiger partial charge in [-0.2, -0.15) is 0 Å². The number of hydrogen-bond acceptors (Lipinski definition) is 1. The van der Waals surface area contributed by atoms with Crippen LogP contribution in [0.3, 0.4) is 0 Å². The number of aromatic nitrogens is 1. The molecule has 0 aliphatic carbocycles. The van der Waals surface area contributed by atoms with Gasteiger partial charge in [0, 0.05) is 12.4 Å². The van der Waals surface area contributed by atoms with Crippen LogP contribution in [0.5, 0.6) is 0 Å². The lowest BCUT2D eigenvalue weighted by molar-refractivity contribution is 1.11. The average molecular weight is 119 g/mol. The molecule has 0 radical (unpaired) electrons. The molecule has 0 aromatic carbocycles. The Morgan fingerprint density at radius 1 is 1.56 bits per heavy atom. The normalized spacial score (nSPS) is 9.44. The summed E-state index contributed by atoms with van der Waals surface area (Å²) < 4.78 is 0. The van der Waals surface area contributed by atoms with Crippen molar-refractivity contribution in [1.82, 2.24) is 4.98 Å². The second-order valence-electron chi connectivity index (χ2n) is 2.22. The van der Waals surface area contributed by atoms with Gasteiger partial charge in [-0.05, 0) is 12.0 Å². The van der Waals surface area contributed by atoms with Crippen molar-refractivity contribution in [1.29, 1.82) is 0 Å². The lowest BCUT2D eigenvalue weighted by Gasteiger charge is -1.94. The molecule has 1 aromatic heterocycles. The van der Waals surface area contributed by atoms with Crippen LogP contribution in [0.25, 0.3) is 0 Å². The van der Waals surface area contributed by atoms with Crippen LogP contribution in [0.2, 0.25) is 0 Å². The SMILES string of the molecule is Bc1cncc(CC)c1. The first-order chi connectivity index (χ1) is 4.33. The van der Waals surface area contributed by atoms with Crippen molar-refractivity contribution in [2.24, 2.45) is 0 Å². The highest BCUT2D eigenvalue weighted by Gasteiger charge is 1.87. The highest BCUT2D eigenvalue weighted by atomic mass is 14.6. The van der Waals surface area contributed by atoms with E-state index in [1.54, 1.807) is 0 Å². The Bertz CT molecular complexity index is 198. The first kappa shape index (κ1) is 6.34. The second kappa shape index (κ2) is 2.67. The van der Waals surface area contributed by atoms with Crippen LogP contribution >= 0.6 is 0 Å². The molecule has 0 atom stereocenters. The highest BCUT2D eigenvalue weighted by molar-refractivity contribution is 6.32. The Morgan fingerprint density at radius 3 is 2.78 bits per heavy atom.